The van der Waals surface area contributed by atoms with Crippen LogP contribution in [0.15, 0.2) is 24.3 Å². The van der Waals surface area contributed by atoms with Crippen LogP contribution in [-0.4, -0.2) is 11.6 Å². The lowest BCUT2D eigenvalue weighted by Gasteiger charge is -2.14. The van der Waals surface area contributed by atoms with Crippen LogP contribution < -0.4 is 15.2 Å². The summed E-state index contributed by atoms with van der Waals surface area (Å²) in [4.78, 5) is 4.42. The van der Waals surface area contributed by atoms with E-state index < -0.39 is 5.82 Å². The first-order chi connectivity index (χ1) is 10.0. The van der Waals surface area contributed by atoms with Crippen LogP contribution in [-0.2, 0) is 6.42 Å². The number of nitrogen functional groups attached to an aromatic ring is 1. The normalized spacial score (nSPS) is 10.5. The summed E-state index contributed by atoms with van der Waals surface area (Å²) in [6.07, 6.45) is 0.733. The van der Waals surface area contributed by atoms with Crippen LogP contribution in [0.4, 0.5) is 10.1 Å². The number of pyridine rings is 1. The maximum atomic E-state index is 13.7. The van der Waals surface area contributed by atoms with Gasteiger partial charge in [0.05, 0.1) is 18.0 Å². The average Bonchev–Trinajstić information content (AvgIpc) is 2.45. The van der Waals surface area contributed by atoms with Crippen LogP contribution in [0, 0.1) is 12.7 Å². The lowest BCUT2D eigenvalue weighted by Crippen LogP contribution is -2.01. The van der Waals surface area contributed by atoms with Crippen LogP contribution in [0.3, 0.4) is 0 Å². The second-order valence-corrected chi connectivity index (χ2v) is 4.61. The van der Waals surface area contributed by atoms with Gasteiger partial charge in [-0.1, -0.05) is 6.92 Å². The van der Waals surface area contributed by atoms with Gasteiger partial charge in [0.1, 0.15) is 5.75 Å². The number of ether oxygens (including phenoxy) is 2. The molecule has 1 aromatic heterocycles. The van der Waals surface area contributed by atoms with Crippen molar-refractivity contribution in [1.29, 1.82) is 0 Å². The van der Waals surface area contributed by atoms with E-state index in [0.717, 1.165) is 17.8 Å². The Labute approximate surface area is 123 Å². The van der Waals surface area contributed by atoms with Gasteiger partial charge in [-0.2, -0.15) is 0 Å². The van der Waals surface area contributed by atoms with Crippen molar-refractivity contribution >= 4 is 5.69 Å². The predicted octanol–water partition coefficient (Wildman–Crippen LogP) is 3.86. The van der Waals surface area contributed by atoms with Gasteiger partial charge in [0.25, 0.3) is 0 Å². The smallest absolute Gasteiger partial charge is 0.167 e. The topological polar surface area (TPSA) is 57.4 Å². The van der Waals surface area contributed by atoms with Crippen LogP contribution in [0.1, 0.15) is 25.2 Å². The predicted molar refractivity (Wildman–Crippen MR) is 80.4 cm³/mol. The van der Waals surface area contributed by atoms with Crippen molar-refractivity contribution in [2.24, 2.45) is 0 Å². The van der Waals surface area contributed by atoms with E-state index in [2.05, 4.69) is 4.98 Å². The Bertz CT molecular complexity index is 644. The Morgan fingerprint density at radius 2 is 1.90 bits per heavy atom. The van der Waals surface area contributed by atoms with Gasteiger partial charge in [0.15, 0.2) is 17.3 Å². The number of anilines is 1. The molecule has 2 rings (SSSR count). The van der Waals surface area contributed by atoms with Crippen LogP contribution in [0.5, 0.6) is 17.2 Å². The molecule has 0 unspecified atom stereocenters. The molecule has 0 radical (unpaired) electrons. The standard InChI is InChI=1S/C16H19FN2O2/c1-4-13-14(7-6-10(3)19-13)21-16-9-15(20-5-2)11(17)8-12(16)18/h6-9H,4-5,18H2,1-3H3. The number of aromatic nitrogens is 1. The molecule has 0 atom stereocenters. The van der Waals surface area contributed by atoms with Crippen molar-refractivity contribution in [3.8, 4) is 17.2 Å². The lowest BCUT2D eigenvalue weighted by atomic mass is 10.2. The highest BCUT2D eigenvalue weighted by Crippen LogP contribution is 2.34. The second kappa shape index (κ2) is 6.43. The number of aryl methyl sites for hydroxylation is 2. The van der Waals surface area contributed by atoms with Gasteiger partial charge in [0, 0.05) is 17.8 Å². The number of hydrogen-bond acceptors (Lipinski definition) is 4. The van der Waals surface area contributed by atoms with Crippen LogP contribution in [0.25, 0.3) is 0 Å². The monoisotopic (exact) mass is 290 g/mol. The van der Waals surface area contributed by atoms with Gasteiger partial charge in [-0.25, -0.2) is 4.39 Å². The van der Waals surface area contributed by atoms with Crippen LogP contribution >= 0.6 is 0 Å². The second-order valence-electron chi connectivity index (χ2n) is 4.61. The van der Waals surface area contributed by atoms with Gasteiger partial charge >= 0.3 is 0 Å². The zero-order valence-corrected chi connectivity index (χ0v) is 12.4. The molecule has 1 heterocycles. The summed E-state index contributed by atoms with van der Waals surface area (Å²) in [5.41, 5.74) is 7.78. The maximum absolute atomic E-state index is 13.7. The molecule has 5 heteroatoms. The zero-order valence-electron chi connectivity index (χ0n) is 12.4. The third-order valence-corrected chi connectivity index (χ3v) is 2.99. The van der Waals surface area contributed by atoms with Crippen molar-refractivity contribution in [3.63, 3.8) is 0 Å². The minimum atomic E-state index is -0.501. The fraction of sp³-hybridized carbons (Fsp3) is 0.312. The van der Waals surface area contributed by atoms with E-state index in [1.807, 2.05) is 26.0 Å². The third-order valence-electron chi connectivity index (χ3n) is 2.99. The molecule has 0 fully saturated rings. The molecule has 0 aliphatic heterocycles. The molecule has 112 valence electrons. The van der Waals surface area contributed by atoms with E-state index in [9.17, 15) is 4.39 Å². The summed E-state index contributed by atoms with van der Waals surface area (Å²) in [7, 11) is 0. The zero-order chi connectivity index (χ0) is 15.4. The molecule has 2 aromatic rings. The Balaban J connectivity index is 2.37. The van der Waals surface area contributed by atoms with Gasteiger partial charge in [-0.05, 0) is 32.4 Å². The number of rotatable bonds is 5. The molecule has 2 N–H and O–H groups in total. The first kappa shape index (κ1) is 15.1. The van der Waals surface area contributed by atoms with E-state index in [4.69, 9.17) is 15.2 Å². The summed E-state index contributed by atoms with van der Waals surface area (Å²) in [6, 6.07) is 6.36. The van der Waals surface area contributed by atoms with E-state index in [1.165, 1.54) is 12.1 Å². The maximum Gasteiger partial charge on any atom is 0.167 e. The number of halogens is 1. The Morgan fingerprint density at radius 3 is 2.57 bits per heavy atom. The summed E-state index contributed by atoms with van der Waals surface area (Å²) >= 11 is 0. The molecule has 21 heavy (non-hydrogen) atoms. The number of hydrogen-bond donors (Lipinski definition) is 1. The SMILES string of the molecule is CCOc1cc(Oc2ccc(C)nc2CC)c(N)cc1F. The molecule has 0 amide bonds. The quantitative estimate of drug-likeness (QED) is 0.849. The van der Waals surface area contributed by atoms with Gasteiger partial charge in [0.2, 0.25) is 0 Å². The highest BCUT2D eigenvalue weighted by Gasteiger charge is 2.13. The molecular weight excluding hydrogens is 271 g/mol. The summed E-state index contributed by atoms with van der Waals surface area (Å²) in [6.45, 7) is 6.07. The van der Waals surface area contributed by atoms with E-state index >= 15 is 0 Å². The minimum Gasteiger partial charge on any atom is -0.491 e. The van der Waals surface area contributed by atoms with Crippen molar-refractivity contribution in [2.75, 3.05) is 12.3 Å². The fourth-order valence-electron chi connectivity index (χ4n) is 1.97. The largest absolute Gasteiger partial charge is 0.491 e. The summed E-state index contributed by atoms with van der Waals surface area (Å²) in [5, 5.41) is 0. The average molecular weight is 290 g/mol. The minimum absolute atomic E-state index is 0.125. The first-order valence-corrected chi connectivity index (χ1v) is 6.91. The molecule has 1 aromatic carbocycles. The summed E-state index contributed by atoms with van der Waals surface area (Å²) < 4.78 is 24.7. The highest BCUT2D eigenvalue weighted by molar-refractivity contribution is 5.58. The van der Waals surface area contributed by atoms with Gasteiger partial charge in [-0.15, -0.1) is 0 Å². The number of nitrogens with two attached hydrogens (primary N) is 1. The summed E-state index contributed by atoms with van der Waals surface area (Å²) in [5.74, 6) is 0.600. The first-order valence-electron chi connectivity index (χ1n) is 6.91. The molecule has 0 bridgehead atoms. The Morgan fingerprint density at radius 1 is 1.14 bits per heavy atom. The number of benzene rings is 1. The lowest BCUT2D eigenvalue weighted by molar-refractivity contribution is 0.319. The van der Waals surface area contributed by atoms with Crippen molar-refractivity contribution < 1.29 is 13.9 Å². The van der Waals surface area contributed by atoms with E-state index in [0.29, 0.717) is 18.1 Å². The van der Waals surface area contributed by atoms with Gasteiger partial charge < -0.3 is 15.2 Å². The van der Waals surface area contributed by atoms with Gasteiger partial charge in [-0.3, -0.25) is 4.98 Å². The van der Waals surface area contributed by atoms with Crippen molar-refractivity contribution in [1.82, 2.24) is 4.98 Å². The Hall–Kier alpha value is -2.30. The molecule has 0 aliphatic rings. The van der Waals surface area contributed by atoms with E-state index in [-0.39, 0.29) is 11.4 Å². The molecule has 0 saturated heterocycles. The molecule has 0 aliphatic carbocycles. The van der Waals surface area contributed by atoms with E-state index in [1.54, 1.807) is 6.92 Å². The third kappa shape index (κ3) is 3.42. The van der Waals surface area contributed by atoms with Crippen LogP contribution in [0.2, 0.25) is 0 Å². The molecule has 0 spiro atoms. The molecule has 4 nitrogen and oxygen atoms in total. The fourth-order valence-corrected chi connectivity index (χ4v) is 1.97. The number of nitrogens with zero attached hydrogens (tertiary/aromatic N) is 1. The Kier molecular flexibility index (Phi) is 4.62. The molecular formula is C16H19FN2O2. The molecule has 0 saturated carbocycles. The highest BCUT2D eigenvalue weighted by atomic mass is 19.1. The van der Waals surface area contributed by atoms with Crippen molar-refractivity contribution in [2.45, 2.75) is 27.2 Å². The van der Waals surface area contributed by atoms with Crippen molar-refractivity contribution in [3.05, 3.63) is 41.5 Å².